The summed E-state index contributed by atoms with van der Waals surface area (Å²) in [6, 6.07) is 9.64. The Morgan fingerprint density at radius 3 is 2.35 bits per heavy atom. The van der Waals surface area contributed by atoms with Crippen molar-refractivity contribution in [2.75, 3.05) is 18.4 Å². The van der Waals surface area contributed by atoms with Gasteiger partial charge in [0.15, 0.2) is 0 Å². The number of benzene rings is 2. The second kappa shape index (κ2) is 9.57. The number of nitrogens with zero attached hydrogens (tertiary/aromatic N) is 1. The molecule has 2 N–H and O–H groups in total. The zero-order valence-electron chi connectivity index (χ0n) is 17.5. The molecular weight excluding hydrogens is 421 g/mol. The molecule has 0 saturated carbocycles. The summed E-state index contributed by atoms with van der Waals surface area (Å²) >= 11 is 0. The van der Waals surface area contributed by atoms with Crippen LogP contribution in [0.2, 0.25) is 0 Å². The Balaban J connectivity index is 1.87. The van der Waals surface area contributed by atoms with Gasteiger partial charge in [0.05, 0.1) is 11.3 Å². The second-order valence-corrected chi connectivity index (χ2v) is 9.64. The van der Waals surface area contributed by atoms with Crippen LogP contribution in [0.4, 0.5) is 10.1 Å². The van der Waals surface area contributed by atoms with Gasteiger partial charge < -0.3 is 10.6 Å². The van der Waals surface area contributed by atoms with E-state index < -0.39 is 26.6 Å². The minimum Gasteiger partial charge on any atom is -0.350 e. The number of rotatable bonds is 6. The standard InChI is InChI=1S/C22H26FN3O4S/c1-15(2)24-22(28)17-8-4-5-9-19(17)25-21(27)16-10-11-18(23)20(14-16)31(29,30)26-12-6-3-7-13-26/h4-5,8-11,14-15H,3,6-7,12-13H2,1-2H3,(H,24,28)(H,25,27). The van der Waals surface area contributed by atoms with E-state index in [1.54, 1.807) is 24.3 Å². The fraction of sp³-hybridized carbons (Fsp3) is 0.364. The second-order valence-electron chi connectivity index (χ2n) is 7.74. The van der Waals surface area contributed by atoms with E-state index in [0.29, 0.717) is 13.1 Å². The summed E-state index contributed by atoms with van der Waals surface area (Å²) in [5.74, 6) is -1.89. The molecule has 0 bridgehead atoms. The topological polar surface area (TPSA) is 95.6 Å². The van der Waals surface area contributed by atoms with Crippen LogP contribution in [0.1, 0.15) is 53.8 Å². The van der Waals surface area contributed by atoms with Crippen LogP contribution < -0.4 is 10.6 Å². The van der Waals surface area contributed by atoms with Gasteiger partial charge in [0.2, 0.25) is 10.0 Å². The molecule has 1 aliphatic heterocycles. The third-order valence-corrected chi connectivity index (χ3v) is 6.88. The fourth-order valence-corrected chi connectivity index (χ4v) is 5.02. The fourth-order valence-electron chi connectivity index (χ4n) is 3.41. The van der Waals surface area contributed by atoms with Crippen molar-refractivity contribution in [3.8, 4) is 0 Å². The number of carbonyl (C=O) groups is 2. The van der Waals surface area contributed by atoms with E-state index in [9.17, 15) is 22.4 Å². The van der Waals surface area contributed by atoms with Crippen LogP contribution in [0, 0.1) is 5.82 Å². The maximum Gasteiger partial charge on any atom is 0.255 e. The van der Waals surface area contributed by atoms with E-state index in [1.165, 1.54) is 10.4 Å². The summed E-state index contributed by atoms with van der Waals surface area (Å²) in [6.45, 7) is 4.30. The van der Waals surface area contributed by atoms with E-state index in [-0.39, 0.29) is 28.8 Å². The minimum absolute atomic E-state index is 0.0175. The van der Waals surface area contributed by atoms with Gasteiger partial charge in [-0.1, -0.05) is 18.6 Å². The van der Waals surface area contributed by atoms with E-state index in [0.717, 1.165) is 31.4 Å². The molecule has 31 heavy (non-hydrogen) atoms. The largest absolute Gasteiger partial charge is 0.350 e. The number of carbonyl (C=O) groups excluding carboxylic acids is 2. The normalized spacial score (nSPS) is 15.0. The van der Waals surface area contributed by atoms with Crippen LogP contribution in [-0.2, 0) is 10.0 Å². The van der Waals surface area contributed by atoms with E-state index in [4.69, 9.17) is 0 Å². The molecule has 9 heteroatoms. The van der Waals surface area contributed by atoms with Crippen molar-refractivity contribution in [1.29, 1.82) is 0 Å². The highest BCUT2D eigenvalue weighted by molar-refractivity contribution is 7.89. The number of amides is 2. The molecule has 0 spiro atoms. The predicted molar refractivity (Wildman–Crippen MR) is 116 cm³/mol. The zero-order valence-corrected chi connectivity index (χ0v) is 18.3. The molecule has 0 atom stereocenters. The lowest BCUT2D eigenvalue weighted by molar-refractivity contribution is 0.0944. The van der Waals surface area contributed by atoms with Crippen molar-refractivity contribution in [2.24, 2.45) is 0 Å². The van der Waals surface area contributed by atoms with Gasteiger partial charge in [0.1, 0.15) is 10.7 Å². The average Bonchev–Trinajstić information content (AvgIpc) is 2.74. The summed E-state index contributed by atoms with van der Waals surface area (Å²) < 4.78 is 41.4. The molecule has 0 unspecified atom stereocenters. The lowest BCUT2D eigenvalue weighted by Gasteiger charge is -2.26. The molecule has 2 amide bonds. The van der Waals surface area contributed by atoms with Crippen molar-refractivity contribution in [2.45, 2.75) is 44.0 Å². The molecule has 3 rings (SSSR count). The summed E-state index contributed by atoms with van der Waals surface area (Å²) in [4.78, 5) is 24.7. The van der Waals surface area contributed by atoms with E-state index in [2.05, 4.69) is 10.6 Å². The Bertz CT molecular complexity index is 1080. The first-order valence-electron chi connectivity index (χ1n) is 10.2. The van der Waals surface area contributed by atoms with Crippen LogP contribution in [-0.4, -0.2) is 43.7 Å². The summed E-state index contributed by atoms with van der Waals surface area (Å²) in [6.07, 6.45) is 2.37. The van der Waals surface area contributed by atoms with E-state index >= 15 is 0 Å². The third-order valence-electron chi connectivity index (χ3n) is 4.97. The van der Waals surface area contributed by atoms with Crippen molar-refractivity contribution in [3.63, 3.8) is 0 Å². The van der Waals surface area contributed by atoms with Gasteiger partial charge in [0.25, 0.3) is 11.8 Å². The van der Waals surface area contributed by atoms with Gasteiger partial charge in [-0.3, -0.25) is 9.59 Å². The number of sulfonamides is 1. The lowest BCUT2D eigenvalue weighted by Crippen LogP contribution is -2.36. The first kappa shape index (κ1) is 22.9. The first-order valence-corrected chi connectivity index (χ1v) is 11.6. The maximum absolute atomic E-state index is 14.4. The van der Waals surface area contributed by atoms with Gasteiger partial charge in [0, 0.05) is 24.7 Å². The molecule has 0 radical (unpaired) electrons. The summed E-state index contributed by atoms with van der Waals surface area (Å²) in [5, 5.41) is 5.39. The van der Waals surface area contributed by atoms with Gasteiger partial charge >= 0.3 is 0 Å². The number of piperidine rings is 1. The van der Waals surface area contributed by atoms with Gasteiger partial charge in [-0.05, 0) is 57.0 Å². The Morgan fingerprint density at radius 2 is 1.68 bits per heavy atom. The highest BCUT2D eigenvalue weighted by Gasteiger charge is 2.29. The molecule has 166 valence electrons. The van der Waals surface area contributed by atoms with Crippen LogP contribution >= 0.6 is 0 Å². The smallest absolute Gasteiger partial charge is 0.255 e. The molecule has 2 aromatic rings. The molecule has 1 saturated heterocycles. The average molecular weight is 448 g/mol. The molecule has 0 aromatic heterocycles. The molecular formula is C22H26FN3O4S. The summed E-state index contributed by atoms with van der Waals surface area (Å²) in [7, 11) is -4.04. The first-order chi connectivity index (χ1) is 14.7. The number of nitrogens with one attached hydrogen (secondary N) is 2. The van der Waals surface area contributed by atoms with Crippen molar-refractivity contribution in [3.05, 3.63) is 59.4 Å². The highest BCUT2D eigenvalue weighted by Crippen LogP contribution is 2.25. The molecule has 1 aliphatic rings. The Labute approximate surface area is 181 Å². The monoisotopic (exact) mass is 447 g/mol. The van der Waals surface area contributed by atoms with Gasteiger partial charge in [-0.15, -0.1) is 0 Å². The van der Waals surface area contributed by atoms with Crippen LogP contribution in [0.15, 0.2) is 47.4 Å². The predicted octanol–water partition coefficient (Wildman–Crippen LogP) is 3.39. The molecule has 0 aliphatic carbocycles. The van der Waals surface area contributed by atoms with E-state index in [1.807, 2.05) is 13.8 Å². The lowest BCUT2D eigenvalue weighted by atomic mass is 10.1. The van der Waals surface area contributed by atoms with Crippen molar-refractivity contribution < 1.29 is 22.4 Å². The number of hydrogen-bond donors (Lipinski definition) is 2. The summed E-state index contributed by atoms with van der Waals surface area (Å²) in [5.41, 5.74) is 0.527. The van der Waals surface area contributed by atoms with Gasteiger partial charge in [-0.25, -0.2) is 12.8 Å². The quantitative estimate of drug-likeness (QED) is 0.710. The Morgan fingerprint density at radius 1 is 1.00 bits per heavy atom. The van der Waals surface area contributed by atoms with Crippen LogP contribution in [0.3, 0.4) is 0 Å². The van der Waals surface area contributed by atoms with Crippen LogP contribution in [0.25, 0.3) is 0 Å². The van der Waals surface area contributed by atoms with Crippen molar-refractivity contribution in [1.82, 2.24) is 9.62 Å². The highest BCUT2D eigenvalue weighted by atomic mass is 32.2. The minimum atomic E-state index is -4.04. The number of halogens is 1. The Hall–Kier alpha value is -2.78. The molecule has 1 fully saturated rings. The van der Waals surface area contributed by atoms with Crippen molar-refractivity contribution >= 4 is 27.5 Å². The number of anilines is 1. The maximum atomic E-state index is 14.4. The Kier molecular flexibility index (Phi) is 7.07. The van der Waals surface area contributed by atoms with Crippen LogP contribution in [0.5, 0.6) is 0 Å². The number of hydrogen-bond acceptors (Lipinski definition) is 4. The van der Waals surface area contributed by atoms with Gasteiger partial charge in [-0.2, -0.15) is 4.31 Å². The molecule has 7 nitrogen and oxygen atoms in total. The molecule has 1 heterocycles. The molecule has 2 aromatic carbocycles. The zero-order chi connectivity index (χ0) is 22.6. The number of para-hydroxylation sites is 1. The SMILES string of the molecule is CC(C)NC(=O)c1ccccc1NC(=O)c1ccc(F)c(S(=O)(=O)N2CCCCC2)c1. The third kappa shape index (κ3) is 5.29.